The van der Waals surface area contributed by atoms with E-state index in [2.05, 4.69) is 20.4 Å². The Morgan fingerprint density at radius 2 is 2.00 bits per heavy atom. The summed E-state index contributed by atoms with van der Waals surface area (Å²) < 4.78 is 33.1. The number of benzene rings is 1. The lowest BCUT2D eigenvalue weighted by Crippen LogP contribution is -2.19. The molecule has 0 aliphatic carbocycles. The topological polar surface area (TPSA) is 106 Å². The fourth-order valence-corrected chi connectivity index (χ4v) is 2.67. The van der Waals surface area contributed by atoms with Crippen molar-refractivity contribution >= 4 is 11.7 Å². The first kappa shape index (κ1) is 18.3. The van der Waals surface area contributed by atoms with Crippen molar-refractivity contribution < 1.29 is 18.0 Å². The van der Waals surface area contributed by atoms with Gasteiger partial charge in [0.15, 0.2) is 17.4 Å². The fraction of sp³-hybridized carbons (Fsp3) is 0.0526. The van der Waals surface area contributed by atoms with Gasteiger partial charge in [-0.1, -0.05) is 0 Å². The second kappa shape index (κ2) is 7.15. The third kappa shape index (κ3) is 3.68. The Bertz CT molecular complexity index is 1260. The molecule has 10 heteroatoms. The fourth-order valence-electron chi connectivity index (χ4n) is 2.67. The van der Waals surface area contributed by atoms with Crippen molar-refractivity contribution in [2.45, 2.75) is 6.92 Å². The van der Waals surface area contributed by atoms with Crippen LogP contribution in [-0.2, 0) is 0 Å². The molecule has 146 valence electrons. The maximum atomic E-state index is 13.5. The zero-order valence-electron chi connectivity index (χ0n) is 14.9. The molecule has 0 spiro atoms. The highest BCUT2D eigenvalue weighted by Gasteiger charge is 2.18. The van der Waals surface area contributed by atoms with Crippen LogP contribution in [0.1, 0.15) is 16.1 Å². The molecule has 1 aromatic carbocycles. The highest BCUT2D eigenvalue weighted by Crippen LogP contribution is 2.24. The summed E-state index contributed by atoms with van der Waals surface area (Å²) in [6, 6.07) is 8.93. The molecule has 0 saturated heterocycles. The molecule has 0 unspecified atom stereocenters. The zero-order valence-corrected chi connectivity index (χ0v) is 14.9. The predicted molar refractivity (Wildman–Crippen MR) is 98.7 cm³/mol. The predicted octanol–water partition coefficient (Wildman–Crippen LogP) is 3.05. The van der Waals surface area contributed by atoms with Crippen LogP contribution >= 0.6 is 0 Å². The average molecular weight is 397 g/mol. The summed E-state index contributed by atoms with van der Waals surface area (Å²) in [6.07, 6.45) is 1.46. The monoisotopic (exact) mass is 397 g/mol. The van der Waals surface area contributed by atoms with Crippen LogP contribution in [0.3, 0.4) is 0 Å². The number of H-pyrrole nitrogens is 1. The van der Waals surface area contributed by atoms with E-state index in [9.17, 15) is 18.4 Å². The Morgan fingerprint density at radius 1 is 1.17 bits per heavy atom. The number of hydrogen-bond acceptors (Lipinski definition) is 5. The van der Waals surface area contributed by atoms with Gasteiger partial charge in [-0.25, -0.2) is 13.8 Å². The standard InChI is InChI=1S/C19H13F2N5O3/c1-10-7-17(27)24-19(22-10)26-16(9-14(25-26)15-3-2-6-29-15)23-18(28)11-4-5-12(20)13(21)8-11/h2-9H,1H3,(H,23,28)(H,22,24,27). The summed E-state index contributed by atoms with van der Waals surface area (Å²) in [5.74, 6) is -2.29. The molecule has 29 heavy (non-hydrogen) atoms. The summed E-state index contributed by atoms with van der Waals surface area (Å²) in [4.78, 5) is 31.1. The molecule has 0 aliphatic heterocycles. The smallest absolute Gasteiger partial charge is 0.256 e. The van der Waals surface area contributed by atoms with Crippen LogP contribution in [0.15, 0.2) is 57.9 Å². The molecule has 1 amide bonds. The molecule has 0 radical (unpaired) electrons. The van der Waals surface area contributed by atoms with Gasteiger partial charge < -0.3 is 9.73 Å². The molecule has 0 aliphatic rings. The van der Waals surface area contributed by atoms with E-state index in [4.69, 9.17) is 4.42 Å². The number of rotatable bonds is 4. The number of aromatic nitrogens is 4. The number of halogens is 2. The zero-order chi connectivity index (χ0) is 20.5. The SMILES string of the molecule is Cc1cc(=O)[nH]c(-n2nc(-c3ccco3)cc2NC(=O)c2ccc(F)c(F)c2)n1. The summed E-state index contributed by atoms with van der Waals surface area (Å²) in [5, 5.41) is 6.89. The first-order valence-electron chi connectivity index (χ1n) is 8.39. The van der Waals surface area contributed by atoms with E-state index in [1.807, 2.05) is 0 Å². The van der Waals surface area contributed by atoms with Crippen molar-refractivity contribution in [3.05, 3.63) is 82.0 Å². The molecule has 4 rings (SSSR count). The largest absolute Gasteiger partial charge is 0.463 e. The van der Waals surface area contributed by atoms with Crippen molar-refractivity contribution in [2.24, 2.45) is 0 Å². The molecule has 0 saturated carbocycles. The van der Waals surface area contributed by atoms with Crippen LogP contribution in [0.2, 0.25) is 0 Å². The third-order valence-corrected chi connectivity index (χ3v) is 3.96. The summed E-state index contributed by atoms with van der Waals surface area (Å²) in [5.41, 5.74) is 0.304. The Kier molecular flexibility index (Phi) is 4.51. The van der Waals surface area contributed by atoms with Crippen LogP contribution in [0.5, 0.6) is 0 Å². The van der Waals surface area contributed by atoms with Crippen molar-refractivity contribution in [2.75, 3.05) is 5.32 Å². The quantitative estimate of drug-likeness (QED) is 0.551. The van der Waals surface area contributed by atoms with Crippen molar-refractivity contribution in [1.29, 1.82) is 0 Å². The minimum absolute atomic E-state index is 0.0633. The maximum Gasteiger partial charge on any atom is 0.256 e. The molecule has 0 atom stereocenters. The van der Waals surface area contributed by atoms with Gasteiger partial charge in [0.25, 0.3) is 11.5 Å². The maximum absolute atomic E-state index is 13.5. The van der Waals surface area contributed by atoms with Crippen molar-refractivity contribution in [1.82, 2.24) is 19.7 Å². The first-order chi connectivity index (χ1) is 13.9. The van der Waals surface area contributed by atoms with E-state index in [-0.39, 0.29) is 17.3 Å². The van der Waals surface area contributed by atoms with E-state index in [0.29, 0.717) is 17.1 Å². The number of nitrogens with zero attached hydrogens (tertiary/aromatic N) is 3. The molecule has 3 aromatic heterocycles. The van der Waals surface area contributed by atoms with Gasteiger partial charge in [0.2, 0.25) is 5.95 Å². The van der Waals surface area contributed by atoms with E-state index in [1.165, 1.54) is 23.1 Å². The molecule has 4 aromatic rings. The number of aryl methyl sites for hydroxylation is 1. The summed E-state index contributed by atoms with van der Waals surface area (Å²) in [6.45, 7) is 1.63. The Morgan fingerprint density at radius 3 is 2.69 bits per heavy atom. The molecule has 2 N–H and O–H groups in total. The van der Waals surface area contributed by atoms with Crippen LogP contribution in [0.25, 0.3) is 17.4 Å². The van der Waals surface area contributed by atoms with Crippen LogP contribution in [0, 0.1) is 18.6 Å². The highest BCUT2D eigenvalue weighted by atomic mass is 19.2. The second-order valence-corrected chi connectivity index (χ2v) is 6.10. The van der Waals surface area contributed by atoms with Crippen molar-refractivity contribution in [3.8, 4) is 17.4 Å². The number of anilines is 1. The van der Waals surface area contributed by atoms with Gasteiger partial charge in [0.1, 0.15) is 11.5 Å². The van der Waals surface area contributed by atoms with Gasteiger partial charge in [-0.3, -0.25) is 14.6 Å². The Hall–Kier alpha value is -4.08. The number of aromatic amines is 1. The second-order valence-electron chi connectivity index (χ2n) is 6.10. The van der Waals surface area contributed by atoms with Crippen molar-refractivity contribution in [3.63, 3.8) is 0 Å². The third-order valence-electron chi connectivity index (χ3n) is 3.96. The molecule has 3 heterocycles. The van der Waals surface area contributed by atoms with Crippen LogP contribution in [-0.4, -0.2) is 25.7 Å². The highest BCUT2D eigenvalue weighted by molar-refractivity contribution is 6.04. The normalized spacial score (nSPS) is 10.9. The molecule has 0 bridgehead atoms. The number of hydrogen-bond donors (Lipinski definition) is 2. The lowest BCUT2D eigenvalue weighted by molar-refractivity contribution is 0.102. The van der Waals surface area contributed by atoms with Crippen LogP contribution < -0.4 is 10.9 Å². The lowest BCUT2D eigenvalue weighted by atomic mass is 10.2. The van der Waals surface area contributed by atoms with Gasteiger partial charge in [-0.05, 0) is 37.3 Å². The Balaban J connectivity index is 1.77. The minimum atomic E-state index is -1.15. The summed E-state index contributed by atoms with van der Waals surface area (Å²) in [7, 11) is 0. The number of carbonyl (C=O) groups excluding carboxylic acids is 1. The van der Waals surface area contributed by atoms with Crippen LogP contribution in [0.4, 0.5) is 14.6 Å². The van der Waals surface area contributed by atoms with E-state index in [0.717, 1.165) is 18.2 Å². The number of furan rings is 1. The van der Waals surface area contributed by atoms with Gasteiger partial charge >= 0.3 is 0 Å². The van der Waals surface area contributed by atoms with Gasteiger partial charge in [0.05, 0.1) is 6.26 Å². The molecular formula is C19H13F2N5O3. The number of carbonyl (C=O) groups is 1. The van der Waals surface area contributed by atoms with E-state index < -0.39 is 23.1 Å². The van der Waals surface area contributed by atoms with Gasteiger partial charge in [-0.2, -0.15) is 9.78 Å². The molecular weight excluding hydrogens is 384 g/mol. The molecule has 0 fully saturated rings. The van der Waals surface area contributed by atoms with Gasteiger partial charge in [-0.15, -0.1) is 0 Å². The first-order valence-corrected chi connectivity index (χ1v) is 8.39. The summed E-state index contributed by atoms with van der Waals surface area (Å²) >= 11 is 0. The lowest BCUT2D eigenvalue weighted by Gasteiger charge is -2.08. The van der Waals surface area contributed by atoms with Gasteiger partial charge in [0, 0.05) is 23.4 Å². The Labute approximate surface area is 161 Å². The number of amides is 1. The number of nitrogens with one attached hydrogen (secondary N) is 2. The molecule has 8 nitrogen and oxygen atoms in total. The minimum Gasteiger partial charge on any atom is -0.463 e. The average Bonchev–Trinajstić information content (AvgIpc) is 3.33. The van der Waals surface area contributed by atoms with E-state index in [1.54, 1.807) is 19.1 Å². The van der Waals surface area contributed by atoms with E-state index >= 15 is 0 Å².